The van der Waals surface area contributed by atoms with E-state index in [1.54, 1.807) is 19.1 Å². The molecule has 0 N–H and O–H groups in total. The van der Waals surface area contributed by atoms with Crippen LogP contribution in [0.3, 0.4) is 0 Å². The summed E-state index contributed by atoms with van der Waals surface area (Å²) in [5, 5.41) is 11.1. The highest BCUT2D eigenvalue weighted by Gasteiger charge is 2.22. The van der Waals surface area contributed by atoms with E-state index < -0.39 is 16.4 Å². The Kier molecular flexibility index (Phi) is 3.92. The number of hydrogen-bond donors (Lipinski definition) is 0. The maximum Gasteiger partial charge on any atom is 0.178 e. The minimum absolute atomic E-state index is 0.00226. The van der Waals surface area contributed by atoms with Gasteiger partial charge in [0, 0.05) is 5.56 Å². The molecule has 1 aliphatic carbocycles. The minimum atomic E-state index is -3.33. The van der Waals surface area contributed by atoms with Crippen molar-refractivity contribution in [1.29, 1.82) is 0 Å². The molecule has 0 aliphatic heterocycles. The first-order chi connectivity index (χ1) is 8.56. The van der Waals surface area contributed by atoms with E-state index in [1.807, 2.05) is 0 Å². The highest BCUT2D eigenvalue weighted by atomic mass is 32.2. The lowest BCUT2D eigenvalue weighted by Gasteiger charge is -2.10. The molecule has 1 aliphatic rings. The molecule has 1 radical (unpaired) electrons. The molecule has 0 amide bonds. The van der Waals surface area contributed by atoms with Crippen LogP contribution in [0.1, 0.15) is 25.3 Å². The number of hydrogen-bond acceptors (Lipinski definition) is 3. The zero-order chi connectivity index (χ0) is 13.2. The highest BCUT2D eigenvalue weighted by molar-refractivity contribution is 7.91. The third-order valence-electron chi connectivity index (χ3n) is 3.09. The first kappa shape index (κ1) is 13.4. The van der Waals surface area contributed by atoms with Crippen LogP contribution in [-0.2, 0) is 21.6 Å². The molecule has 1 fully saturated rings. The van der Waals surface area contributed by atoms with Gasteiger partial charge in [-0.3, -0.25) is 0 Å². The summed E-state index contributed by atoms with van der Waals surface area (Å²) >= 11 is 0. The van der Waals surface area contributed by atoms with Gasteiger partial charge in [-0.15, -0.1) is 0 Å². The fraction of sp³-hybridized carbons (Fsp3) is 0.538. The molecule has 0 atom stereocenters. The summed E-state index contributed by atoms with van der Waals surface area (Å²) in [5.41, 5.74) is 0.296. The first-order valence-electron chi connectivity index (χ1n) is 6.13. The lowest BCUT2D eigenvalue weighted by atomic mass is 10.2. The SMILES string of the molecule is CCS(=O)(=O)c1ccc(OCC2CC2)cc1C[O]. The summed E-state index contributed by atoms with van der Waals surface area (Å²) in [7, 11) is -3.33. The molecule has 0 aromatic heterocycles. The molecule has 1 saturated carbocycles. The average Bonchev–Trinajstić information content (AvgIpc) is 3.20. The molecule has 0 unspecified atom stereocenters. The van der Waals surface area contributed by atoms with E-state index >= 15 is 0 Å². The lowest BCUT2D eigenvalue weighted by Crippen LogP contribution is -2.08. The van der Waals surface area contributed by atoms with Crippen LogP contribution in [0.4, 0.5) is 0 Å². The topological polar surface area (TPSA) is 63.3 Å². The third kappa shape index (κ3) is 3.03. The molecule has 1 aromatic rings. The van der Waals surface area contributed by atoms with Gasteiger partial charge in [0.15, 0.2) is 9.84 Å². The van der Waals surface area contributed by atoms with Gasteiger partial charge in [-0.1, -0.05) is 6.92 Å². The standard InChI is InChI=1S/C13H17O4S/c1-2-18(15,16)13-6-5-12(7-11(13)8-14)17-9-10-3-4-10/h5-7,10H,2-4,8-9H2,1H3. The van der Waals surface area contributed by atoms with Crippen LogP contribution in [-0.4, -0.2) is 20.8 Å². The molecule has 99 valence electrons. The summed E-state index contributed by atoms with van der Waals surface area (Å²) in [5.74, 6) is 1.21. The molecule has 0 saturated heterocycles. The van der Waals surface area contributed by atoms with Gasteiger partial charge in [0.1, 0.15) is 12.4 Å². The van der Waals surface area contributed by atoms with Gasteiger partial charge in [-0.2, -0.15) is 0 Å². The highest BCUT2D eigenvalue weighted by Crippen LogP contribution is 2.30. The Balaban J connectivity index is 2.21. The van der Waals surface area contributed by atoms with E-state index in [0.717, 1.165) is 0 Å². The summed E-state index contributed by atoms with van der Waals surface area (Å²) < 4.78 is 29.1. The molecule has 0 spiro atoms. The Morgan fingerprint density at radius 1 is 1.33 bits per heavy atom. The van der Waals surface area contributed by atoms with Crippen molar-refractivity contribution in [1.82, 2.24) is 0 Å². The molecular formula is C13H17O4S. The largest absolute Gasteiger partial charge is 0.493 e. The molecule has 1 aromatic carbocycles. The zero-order valence-corrected chi connectivity index (χ0v) is 11.2. The average molecular weight is 269 g/mol. The van der Waals surface area contributed by atoms with E-state index in [4.69, 9.17) is 4.74 Å². The summed E-state index contributed by atoms with van der Waals surface area (Å²) in [6.45, 7) is 1.68. The Hall–Kier alpha value is -1.07. The van der Waals surface area contributed by atoms with Crippen LogP contribution in [0.2, 0.25) is 0 Å². The Labute approximate surface area is 108 Å². The van der Waals surface area contributed by atoms with Crippen molar-refractivity contribution in [3.05, 3.63) is 23.8 Å². The molecule has 5 heteroatoms. The maximum absolute atomic E-state index is 11.8. The maximum atomic E-state index is 11.8. The van der Waals surface area contributed by atoms with Crippen LogP contribution in [0.25, 0.3) is 0 Å². The van der Waals surface area contributed by atoms with E-state index in [-0.39, 0.29) is 10.6 Å². The molecular weight excluding hydrogens is 252 g/mol. The van der Waals surface area contributed by atoms with Gasteiger partial charge in [-0.25, -0.2) is 13.5 Å². The molecule has 0 heterocycles. The monoisotopic (exact) mass is 269 g/mol. The quantitative estimate of drug-likeness (QED) is 0.795. The van der Waals surface area contributed by atoms with E-state index in [0.29, 0.717) is 23.8 Å². The molecule has 0 bridgehead atoms. The van der Waals surface area contributed by atoms with Gasteiger partial charge < -0.3 is 4.74 Å². The number of ether oxygens (including phenoxy) is 1. The zero-order valence-electron chi connectivity index (χ0n) is 10.4. The van der Waals surface area contributed by atoms with E-state index in [2.05, 4.69) is 0 Å². The van der Waals surface area contributed by atoms with Gasteiger partial charge in [-0.05, 0) is 37.0 Å². The predicted octanol–water partition coefficient (Wildman–Crippen LogP) is 2.20. The lowest BCUT2D eigenvalue weighted by molar-refractivity contribution is 0.174. The van der Waals surface area contributed by atoms with Crippen LogP contribution in [0.5, 0.6) is 5.75 Å². The van der Waals surface area contributed by atoms with Crippen molar-refractivity contribution in [2.45, 2.75) is 31.3 Å². The second kappa shape index (κ2) is 5.28. The fourth-order valence-electron chi connectivity index (χ4n) is 1.72. The third-order valence-corrected chi connectivity index (χ3v) is 4.91. The second-order valence-corrected chi connectivity index (χ2v) is 6.82. The molecule has 4 nitrogen and oxygen atoms in total. The van der Waals surface area contributed by atoms with Crippen molar-refractivity contribution in [2.24, 2.45) is 5.92 Å². The molecule has 2 rings (SSSR count). The summed E-state index contributed by atoms with van der Waals surface area (Å²) in [6, 6.07) is 4.66. The summed E-state index contributed by atoms with van der Waals surface area (Å²) in [6.07, 6.45) is 2.38. The van der Waals surface area contributed by atoms with Gasteiger partial charge >= 0.3 is 0 Å². The van der Waals surface area contributed by atoms with Gasteiger partial charge in [0.05, 0.1) is 17.3 Å². The van der Waals surface area contributed by atoms with Crippen LogP contribution in [0.15, 0.2) is 23.1 Å². The van der Waals surface area contributed by atoms with Crippen LogP contribution in [0, 0.1) is 5.92 Å². The van der Waals surface area contributed by atoms with Crippen molar-refractivity contribution in [3.63, 3.8) is 0 Å². The smallest absolute Gasteiger partial charge is 0.178 e. The van der Waals surface area contributed by atoms with Crippen LogP contribution >= 0.6 is 0 Å². The minimum Gasteiger partial charge on any atom is -0.493 e. The Bertz CT molecular complexity index is 518. The van der Waals surface area contributed by atoms with Gasteiger partial charge in [0.2, 0.25) is 0 Å². The fourth-order valence-corrected chi connectivity index (χ4v) is 2.82. The summed E-state index contributed by atoms with van der Waals surface area (Å²) in [4.78, 5) is 0.138. The number of sulfone groups is 1. The predicted molar refractivity (Wildman–Crippen MR) is 66.8 cm³/mol. The Morgan fingerprint density at radius 2 is 2.06 bits per heavy atom. The number of rotatable bonds is 6. The van der Waals surface area contributed by atoms with Crippen molar-refractivity contribution >= 4 is 9.84 Å². The van der Waals surface area contributed by atoms with Crippen molar-refractivity contribution in [3.8, 4) is 5.75 Å². The first-order valence-corrected chi connectivity index (χ1v) is 7.78. The second-order valence-electron chi connectivity index (χ2n) is 4.57. The van der Waals surface area contributed by atoms with Crippen molar-refractivity contribution in [2.75, 3.05) is 12.4 Å². The van der Waals surface area contributed by atoms with E-state index in [1.165, 1.54) is 18.9 Å². The number of benzene rings is 1. The van der Waals surface area contributed by atoms with Crippen LogP contribution < -0.4 is 4.74 Å². The van der Waals surface area contributed by atoms with Gasteiger partial charge in [0.25, 0.3) is 0 Å². The normalized spacial score (nSPS) is 15.7. The van der Waals surface area contributed by atoms with E-state index in [9.17, 15) is 13.5 Å². The molecule has 18 heavy (non-hydrogen) atoms. The van der Waals surface area contributed by atoms with Crippen molar-refractivity contribution < 1.29 is 18.3 Å². The Morgan fingerprint density at radius 3 is 2.61 bits per heavy atom.